The number of aromatic carboxylic acids is 1. The van der Waals surface area contributed by atoms with Gasteiger partial charge in [-0.1, -0.05) is 30.3 Å². The van der Waals surface area contributed by atoms with Crippen molar-refractivity contribution in [1.82, 2.24) is 9.97 Å². The molecule has 0 radical (unpaired) electrons. The summed E-state index contributed by atoms with van der Waals surface area (Å²) < 4.78 is 4.98. The summed E-state index contributed by atoms with van der Waals surface area (Å²) in [6.07, 6.45) is 1.87. The minimum Gasteiger partial charge on any atom is -0.477 e. The van der Waals surface area contributed by atoms with Crippen LogP contribution in [0.4, 0.5) is 5.82 Å². The normalized spacial score (nSPS) is 10.3. The van der Waals surface area contributed by atoms with E-state index in [1.807, 2.05) is 30.3 Å². The zero-order valence-corrected chi connectivity index (χ0v) is 11.7. The molecule has 2 rings (SSSR count). The highest BCUT2D eigenvalue weighted by molar-refractivity contribution is 5.92. The average molecular weight is 287 g/mol. The van der Waals surface area contributed by atoms with Gasteiger partial charge in [0.15, 0.2) is 0 Å². The first-order valence-corrected chi connectivity index (χ1v) is 6.56. The first-order valence-electron chi connectivity index (χ1n) is 6.56. The molecule has 0 aliphatic heterocycles. The minimum atomic E-state index is -1.05. The topological polar surface area (TPSA) is 84.3 Å². The number of rotatable bonds is 7. The molecule has 0 saturated heterocycles. The number of carboxylic acids is 1. The Kier molecular flexibility index (Phi) is 5.22. The maximum atomic E-state index is 11.2. The third-order valence-corrected chi connectivity index (χ3v) is 2.90. The number of hydrogen-bond acceptors (Lipinski definition) is 5. The third kappa shape index (κ3) is 4.25. The van der Waals surface area contributed by atoms with Gasteiger partial charge >= 0.3 is 5.97 Å². The Bertz CT molecular complexity index is 602. The van der Waals surface area contributed by atoms with E-state index in [9.17, 15) is 9.90 Å². The number of aromatic nitrogens is 2. The highest BCUT2D eigenvalue weighted by Crippen LogP contribution is 2.13. The van der Waals surface area contributed by atoms with Gasteiger partial charge in [-0.2, -0.15) is 0 Å². The van der Waals surface area contributed by atoms with Gasteiger partial charge < -0.3 is 15.2 Å². The maximum absolute atomic E-state index is 11.2. The lowest BCUT2D eigenvalue weighted by atomic mass is 10.2. The Morgan fingerprint density at radius 2 is 2.10 bits per heavy atom. The van der Waals surface area contributed by atoms with Crippen molar-refractivity contribution in [2.24, 2.45) is 0 Å². The summed E-state index contributed by atoms with van der Waals surface area (Å²) in [7, 11) is 1.60. The van der Waals surface area contributed by atoms with Crippen molar-refractivity contribution in [1.29, 1.82) is 0 Å². The predicted octanol–water partition coefficient (Wildman–Crippen LogP) is 1.98. The second-order valence-corrected chi connectivity index (χ2v) is 4.44. The molecule has 0 unspecified atom stereocenters. The zero-order chi connectivity index (χ0) is 15.1. The standard InChI is InChI=1S/C15H17N3O3/c1-21-8-7-13-16-10-12(15(19)20)14(18-13)17-9-11-5-3-2-4-6-11/h2-6,10H,7-9H2,1H3,(H,19,20)(H,16,17,18). The van der Waals surface area contributed by atoms with Crippen molar-refractivity contribution in [2.75, 3.05) is 19.0 Å². The largest absolute Gasteiger partial charge is 0.477 e. The van der Waals surface area contributed by atoms with Crippen LogP contribution in [0.15, 0.2) is 36.5 Å². The van der Waals surface area contributed by atoms with Crippen molar-refractivity contribution in [3.05, 3.63) is 53.5 Å². The lowest BCUT2D eigenvalue weighted by Gasteiger charge is -2.10. The average Bonchev–Trinajstić information content (AvgIpc) is 2.51. The van der Waals surface area contributed by atoms with Crippen LogP contribution in [0.2, 0.25) is 0 Å². The fourth-order valence-electron chi connectivity index (χ4n) is 1.81. The van der Waals surface area contributed by atoms with E-state index in [4.69, 9.17) is 4.74 Å². The fraction of sp³-hybridized carbons (Fsp3) is 0.267. The van der Waals surface area contributed by atoms with Crippen LogP contribution in [-0.4, -0.2) is 34.8 Å². The summed E-state index contributed by atoms with van der Waals surface area (Å²) in [6, 6.07) is 9.71. The van der Waals surface area contributed by atoms with Gasteiger partial charge in [-0.25, -0.2) is 14.8 Å². The number of anilines is 1. The Morgan fingerprint density at radius 3 is 2.76 bits per heavy atom. The first-order chi connectivity index (χ1) is 10.2. The van der Waals surface area contributed by atoms with E-state index in [0.29, 0.717) is 31.2 Å². The van der Waals surface area contributed by atoms with Gasteiger partial charge in [-0.15, -0.1) is 0 Å². The summed E-state index contributed by atoms with van der Waals surface area (Å²) in [6.45, 7) is 0.992. The summed E-state index contributed by atoms with van der Waals surface area (Å²) in [5.74, 6) is -0.172. The van der Waals surface area contributed by atoms with Crippen molar-refractivity contribution < 1.29 is 14.6 Å². The summed E-state index contributed by atoms with van der Waals surface area (Å²) in [5, 5.41) is 12.2. The molecule has 2 aromatic rings. The van der Waals surface area contributed by atoms with Gasteiger partial charge in [0.25, 0.3) is 0 Å². The van der Waals surface area contributed by atoms with Crippen LogP contribution in [0.25, 0.3) is 0 Å². The van der Waals surface area contributed by atoms with Gasteiger partial charge in [0.05, 0.1) is 6.61 Å². The number of nitrogens with zero attached hydrogens (tertiary/aromatic N) is 2. The monoisotopic (exact) mass is 287 g/mol. The van der Waals surface area contributed by atoms with E-state index in [1.165, 1.54) is 6.20 Å². The second kappa shape index (κ2) is 7.35. The molecule has 2 N–H and O–H groups in total. The number of nitrogens with one attached hydrogen (secondary N) is 1. The molecule has 0 spiro atoms. The van der Waals surface area contributed by atoms with E-state index in [-0.39, 0.29) is 5.56 Å². The number of methoxy groups -OCH3 is 1. The van der Waals surface area contributed by atoms with Gasteiger partial charge in [0.2, 0.25) is 0 Å². The van der Waals surface area contributed by atoms with E-state index in [2.05, 4.69) is 15.3 Å². The molecule has 21 heavy (non-hydrogen) atoms. The Hall–Kier alpha value is -2.47. The lowest BCUT2D eigenvalue weighted by molar-refractivity contribution is 0.0697. The van der Waals surface area contributed by atoms with Crippen molar-refractivity contribution >= 4 is 11.8 Å². The smallest absolute Gasteiger partial charge is 0.341 e. The molecule has 0 amide bonds. The first kappa shape index (κ1) is 14.9. The molecule has 0 saturated carbocycles. The number of carbonyl (C=O) groups is 1. The minimum absolute atomic E-state index is 0.0621. The molecule has 0 aliphatic carbocycles. The van der Waals surface area contributed by atoms with E-state index < -0.39 is 5.97 Å². The Labute approximate surface area is 122 Å². The zero-order valence-electron chi connectivity index (χ0n) is 11.7. The van der Waals surface area contributed by atoms with E-state index in [1.54, 1.807) is 7.11 Å². The quantitative estimate of drug-likeness (QED) is 0.810. The van der Waals surface area contributed by atoms with Gasteiger partial charge in [0.1, 0.15) is 17.2 Å². The molecular formula is C15H17N3O3. The molecule has 1 heterocycles. The summed E-state index contributed by atoms with van der Waals surface area (Å²) >= 11 is 0. The fourth-order valence-corrected chi connectivity index (χ4v) is 1.81. The Morgan fingerprint density at radius 1 is 1.33 bits per heavy atom. The van der Waals surface area contributed by atoms with Crippen LogP contribution < -0.4 is 5.32 Å². The molecule has 0 aliphatic rings. The highest BCUT2D eigenvalue weighted by Gasteiger charge is 2.13. The summed E-state index contributed by atoms with van der Waals surface area (Å²) in [5.41, 5.74) is 1.11. The third-order valence-electron chi connectivity index (χ3n) is 2.90. The van der Waals surface area contributed by atoms with Crippen LogP contribution in [0, 0.1) is 0 Å². The number of benzene rings is 1. The van der Waals surface area contributed by atoms with Crippen LogP contribution in [0.3, 0.4) is 0 Å². The predicted molar refractivity (Wildman–Crippen MR) is 78.3 cm³/mol. The van der Waals surface area contributed by atoms with Crippen molar-refractivity contribution in [3.63, 3.8) is 0 Å². The van der Waals surface area contributed by atoms with Crippen LogP contribution in [0.1, 0.15) is 21.7 Å². The van der Waals surface area contributed by atoms with Crippen LogP contribution in [-0.2, 0) is 17.7 Å². The molecule has 0 bridgehead atoms. The molecule has 1 aromatic heterocycles. The van der Waals surface area contributed by atoms with Gasteiger partial charge in [0, 0.05) is 26.3 Å². The van der Waals surface area contributed by atoms with E-state index >= 15 is 0 Å². The molecule has 1 aromatic carbocycles. The molecule has 0 fully saturated rings. The second-order valence-electron chi connectivity index (χ2n) is 4.44. The SMILES string of the molecule is COCCc1ncc(C(=O)O)c(NCc2ccccc2)n1. The molecule has 6 heteroatoms. The number of ether oxygens (including phenoxy) is 1. The molecule has 6 nitrogen and oxygen atoms in total. The van der Waals surface area contributed by atoms with E-state index in [0.717, 1.165) is 5.56 Å². The van der Waals surface area contributed by atoms with Gasteiger partial charge in [-0.3, -0.25) is 0 Å². The number of carboxylic acid groups (broad SMARTS) is 1. The highest BCUT2D eigenvalue weighted by atomic mass is 16.5. The van der Waals surface area contributed by atoms with Crippen molar-refractivity contribution in [3.8, 4) is 0 Å². The van der Waals surface area contributed by atoms with Crippen LogP contribution >= 0.6 is 0 Å². The summed E-state index contributed by atoms with van der Waals surface area (Å²) in [4.78, 5) is 19.5. The van der Waals surface area contributed by atoms with Crippen LogP contribution in [0.5, 0.6) is 0 Å². The number of hydrogen-bond donors (Lipinski definition) is 2. The molecule has 110 valence electrons. The molecular weight excluding hydrogens is 270 g/mol. The van der Waals surface area contributed by atoms with Gasteiger partial charge in [-0.05, 0) is 5.56 Å². The lowest BCUT2D eigenvalue weighted by Crippen LogP contribution is -2.12. The molecule has 0 atom stereocenters. The Balaban J connectivity index is 2.16. The maximum Gasteiger partial charge on any atom is 0.341 e. The van der Waals surface area contributed by atoms with Crippen molar-refractivity contribution in [2.45, 2.75) is 13.0 Å².